The Morgan fingerprint density at radius 2 is 1.67 bits per heavy atom. The van der Waals surface area contributed by atoms with Gasteiger partial charge in [0.05, 0.1) is 5.52 Å². The molecule has 0 aliphatic rings. The summed E-state index contributed by atoms with van der Waals surface area (Å²) < 4.78 is 0. The van der Waals surface area contributed by atoms with Crippen LogP contribution in [-0.4, -0.2) is 28.0 Å². The number of nitrogens with zero attached hydrogens (tertiary/aromatic N) is 1. The van der Waals surface area contributed by atoms with Gasteiger partial charge in [0, 0.05) is 11.6 Å². The van der Waals surface area contributed by atoms with Gasteiger partial charge in [-0.1, -0.05) is 24.3 Å². The van der Waals surface area contributed by atoms with Crippen molar-refractivity contribution in [1.82, 2.24) is 4.98 Å². The first-order valence-electron chi connectivity index (χ1n) is 3.26. The van der Waals surface area contributed by atoms with Crippen molar-refractivity contribution in [2.45, 2.75) is 0 Å². The van der Waals surface area contributed by atoms with Gasteiger partial charge in [0.15, 0.2) is 0 Å². The molecule has 1 nitrogen and oxygen atoms in total. The van der Waals surface area contributed by atoms with E-state index in [2.05, 4.69) is 17.1 Å². The molecule has 1 aromatic heterocycles. The Bertz CT molecular complexity index is 296. The maximum absolute atomic E-state index is 4.18. The molecule has 0 radical (unpaired) electrons. The van der Waals surface area contributed by atoms with Crippen LogP contribution < -0.4 is 18.9 Å². The molecule has 0 aliphatic heterocycles. The fraction of sp³-hybridized carbons (Fsp3) is 0. The van der Waals surface area contributed by atoms with E-state index in [0.717, 1.165) is 5.52 Å². The molecule has 0 aliphatic carbocycles. The summed E-state index contributed by atoms with van der Waals surface area (Å²) >= 11 is 0. The predicted octanol–water partition coefficient (Wildman–Crippen LogP) is -0.804. The molecular formula is C9H10LiMgN. The van der Waals surface area contributed by atoms with Gasteiger partial charge in [0.2, 0.25) is 0 Å². The molecule has 0 fully saturated rings. The average molecular weight is 163 g/mol. The maximum atomic E-state index is 4.18. The molecule has 0 atom stereocenters. The van der Waals surface area contributed by atoms with E-state index in [9.17, 15) is 0 Å². The number of hydrogen-bond acceptors (Lipinski definition) is 1. The normalized spacial score (nSPS) is 8.33. The number of aromatic nitrogens is 1. The molecule has 12 heavy (non-hydrogen) atoms. The van der Waals surface area contributed by atoms with Crippen molar-refractivity contribution in [2.75, 3.05) is 0 Å². The van der Waals surface area contributed by atoms with Crippen molar-refractivity contribution in [3.05, 3.63) is 42.6 Å². The van der Waals surface area contributed by atoms with E-state index in [1.54, 1.807) is 0 Å². The maximum Gasteiger partial charge on any atom is 2.00 e. The first kappa shape index (κ1) is 12.0. The molecule has 0 unspecified atom stereocenters. The second-order valence-electron chi connectivity index (χ2n) is 2.20. The SMILES string of the molecule is [H-].[H-].[H-].[Li+].[Mg+2].c1ccc2ncccc2c1. The van der Waals surface area contributed by atoms with Crippen molar-refractivity contribution >= 4 is 34.0 Å². The third-order valence-corrected chi connectivity index (χ3v) is 1.51. The van der Waals surface area contributed by atoms with Crippen LogP contribution in [0.25, 0.3) is 10.9 Å². The van der Waals surface area contributed by atoms with Gasteiger partial charge in [0.1, 0.15) is 0 Å². The van der Waals surface area contributed by atoms with Crippen LogP contribution in [0, 0.1) is 0 Å². The van der Waals surface area contributed by atoms with Crippen LogP contribution in [0.15, 0.2) is 42.6 Å². The molecule has 3 heteroatoms. The largest absolute Gasteiger partial charge is 2.00 e. The molecule has 0 saturated heterocycles. The number of rotatable bonds is 0. The van der Waals surface area contributed by atoms with Crippen LogP contribution in [0.3, 0.4) is 0 Å². The molecule has 0 N–H and O–H groups in total. The van der Waals surface area contributed by atoms with Crippen molar-refractivity contribution < 1.29 is 23.1 Å². The number of hydrogen-bond donors (Lipinski definition) is 0. The summed E-state index contributed by atoms with van der Waals surface area (Å²) in [5.41, 5.74) is 1.06. The van der Waals surface area contributed by atoms with E-state index in [4.69, 9.17) is 0 Å². The van der Waals surface area contributed by atoms with Crippen LogP contribution in [0.4, 0.5) is 0 Å². The summed E-state index contributed by atoms with van der Waals surface area (Å²) in [6.07, 6.45) is 1.81. The number of pyridine rings is 1. The first-order chi connectivity index (χ1) is 4.97. The molecule has 0 bridgehead atoms. The molecule has 54 valence electrons. The fourth-order valence-corrected chi connectivity index (χ4v) is 1.02. The van der Waals surface area contributed by atoms with Gasteiger partial charge in [-0.05, 0) is 12.1 Å². The second kappa shape index (κ2) is 5.61. The van der Waals surface area contributed by atoms with Crippen LogP contribution >= 0.6 is 0 Å². The van der Waals surface area contributed by atoms with Gasteiger partial charge < -0.3 is 4.28 Å². The summed E-state index contributed by atoms with van der Waals surface area (Å²) in [5, 5.41) is 1.20. The smallest absolute Gasteiger partial charge is 1.00 e. The fourth-order valence-electron chi connectivity index (χ4n) is 1.02. The van der Waals surface area contributed by atoms with Crippen LogP contribution in [-0.2, 0) is 0 Å². The van der Waals surface area contributed by atoms with E-state index in [1.807, 2.05) is 30.5 Å². The third-order valence-electron chi connectivity index (χ3n) is 1.51. The van der Waals surface area contributed by atoms with E-state index < -0.39 is 0 Å². The summed E-state index contributed by atoms with van der Waals surface area (Å²) in [5.74, 6) is 0. The van der Waals surface area contributed by atoms with Crippen LogP contribution in [0.2, 0.25) is 0 Å². The Morgan fingerprint density at radius 1 is 1.00 bits per heavy atom. The second-order valence-corrected chi connectivity index (χ2v) is 2.20. The Balaban J connectivity index is -0.000000121. The average Bonchev–Trinajstić information content (AvgIpc) is 2.05. The van der Waals surface area contributed by atoms with E-state index in [-0.39, 0.29) is 46.2 Å². The molecule has 2 rings (SSSR count). The number of para-hydroxylation sites is 1. The van der Waals surface area contributed by atoms with Gasteiger partial charge in [-0.25, -0.2) is 0 Å². The van der Waals surface area contributed by atoms with Crippen molar-refractivity contribution in [1.29, 1.82) is 0 Å². The van der Waals surface area contributed by atoms with E-state index in [0.29, 0.717) is 0 Å². The quantitative estimate of drug-likeness (QED) is 0.463. The van der Waals surface area contributed by atoms with Gasteiger partial charge in [-0.15, -0.1) is 0 Å². The summed E-state index contributed by atoms with van der Waals surface area (Å²) in [4.78, 5) is 4.18. The predicted molar refractivity (Wildman–Crippen MR) is 50.8 cm³/mol. The van der Waals surface area contributed by atoms with Gasteiger partial charge in [0.25, 0.3) is 0 Å². The van der Waals surface area contributed by atoms with Crippen molar-refractivity contribution in [2.24, 2.45) is 0 Å². The third kappa shape index (κ3) is 2.50. The van der Waals surface area contributed by atoms with Crippen molar-refractivity contribution in [3.8, 4) is 0 Å². The Kier molecular flexibility index (Phi) is 5.60. The Labute approximate surface area is 104 Å². The molecule has 1 heterocycles. The molecule has 1 aromatic carbocycles. The van der Waals surface area contributed by atoms with Crippen LogP contribution in [0.5, 0.6) is 0 Å². The topological polar surface area (TPSA) is 12.9 Å². The zero-order chi connectivity index (χ0) is 6.81. The zero-order valence-electron chi connectivity index (χ0n) is 10.2. The van der Waals surface area contributed by atoms with E-state index >= 15 is 0 Å². The first-order valence-corrected chi connectivity index (χ1v) is 3.26. The van der Waals surface area contributed by atoms with Gasteiger partial charge in [-0.2, -0.15) is 0 Å². The molecule has 0 saturated carbocycles. The van der Waals surface area contributed by atoms with Gasteiger partial charge in [-0.3, -0.25) is 4.98 Å². The minimum Gasteiger partial charge on any atom is -1.00 e. The summed E-state index contributed by atoms with van der Waals surface area (Å²) in [6, 6.07) is 12.1. The Hall–Kier alpha value is -0.00636. The number of benzene rings is 1. The van der Waals surface area contributed by atoms with Gasteiger partial charge >= 0.3 is 41.9 Å². The molecule has 2 aromatic rings. The molecular weight excluding hydrogens is 153 g/mol. The Morgan fingerprint density at radius 3 is 2.42 bits per heavy atom. The molecule has 0 amide bonds. The zero-order valence-corrected chi connectivity index (χ0v) is 8.61. The summed E-state index contributed by atoms with van der Waals surface area (Å²) in [6.45, 7) is 0. The minimum atomic E-state index is 0. The minimum absolute atomic E-state index is 0. The summed E-state index contributed by atoms with van der Waals surface area (Å²) in [7, 11) is 0. The van der Waals surface area contributed by atoms with Crippen molar-refractivity contribution in [3.63, 3.8) is 0 Å². The number of fused-ring (bicyclic) bond motifs is 1. The standard InChI is InChI=1S/C9H7N.Li.Mg.3H/c1-2-6-9-8(4-1)5-3-7-10-9;;;;;/h1-7H;;;;;/q;+1;+2;3*-1. The van der Waals surface area contributed by atoms with Crippen LogP contribution in [0.1, 0.15) is 4.28 Å². The molecule has 0 spiro atoms. The monoisotopic (exact) mass is 163 g/mol. The van der Waals surface area contributed by atoms with E-state index in [1.165, 1.54) is 5.39 Å².